The van der Waals surface area contributed by atoms with Crippen molar-refractivity contribution in [2.75, 3.05) is 13.1 Å². The van der Waals surface area contributed by atoms with Gasteiger partial charge in [-0.3, -0.25) is 0 Å². The average Bonchev–Trinajstić information content (AvgIpc) is 1.85. The molecule has 1 radical (unpaired) electrons. The van der Waals surface area contributed by atoms with Crippen molar-refractivity contribution in [2.45, 2.75) is 12.8 Å². The fourth-order valence-electron chi connectivity index (χ4n) is 1.52. The molecule has 0 aromatic carbocycles. The SMILES string of the molecule is C1CC2C[N]CC12. The van der Waals surface area contributed by atoms with Crippen molar-refractivity contribution in [3.63, 3.8) is 0 Å². The van der Waals surface area contributed by atoms with Crippen LogP contribution in [0.3, 0.4) is 0 Å². The lowest BCUT2D eigenvalue weighted by Crippen LogP contribution is -2.22. The molecule has 1 heteroatoms. The quantitative estimate of drug-likeness (QED) is 0.420. The molecule has 2 atom stereocenters. The third kappa shape index (κ3) is 0.418. The first-order valence-electron chi connectivity index (χ1n) is 3.10. The molecule has 2 unspecified atom stereocenters. The monoisotopic (exact) mass is 96.1 g/mol. The van der Waals surface area contributed by atoms with Gasteiger partial charge in [-0.05, 0) is 24.7 Å². The Morgan fingerprint density at radius 2 is 1.57 bits per heavy atom. The van der Waals surface area contributed by atoms with Crippen molar-refractivity contribution in [1.29, 1.82) is 0 Å². The highest BCUT2D eigenvalue weighted by molar-refractivity contribution is 4.88. The van der Waals surface area contributed by atoms with Crippen LogP contribution in [-0.4, -0.2) is 13.1 Å². The minimum Gasteiger partial charge on any atom is -0.241 e. The van der Waals surface area contributed by atoms with Gasteiger partial charge in [-0.25, -0.2) is 5.32 Å². The van der Waals surface area contributed by atoms with Gasteiger partial charge in [0.1, 0.15) is 0 Å². The van der Waals surface area contributed by atoms with Gasteiger partial charge in [0.15, 0.2) is 0 Å². The molecule has 0 spiro atoms. The van der Waals surface area contributed by atoms with Crippen molar-refractivity contribution in [2.24, 2.45) is 11.8 Å². The molecule has 2 aliphatic rings. The van der Waals surface area contributed by atoms with E-state index in [1.165, 1.54) is 25.9 Å². The zero-order valence-corrected chi connectivity index (χ0v) is 4.43. The number of hydrogen-bond acceptors (Lipinski definition) is 0. The molecule has 0 N–H and O–H groups in total. The summed E-state index contributed by atoms with van der Waals surface area (Å²) < 4.78 is 0. The van der Waals surface area contributed by atoms with Gasteiger partial charge >= 0.3 is 0 Å². The van der Waals surface area contributed by atoms with Crippen LogP contribution < -0.4 is 5.32 Å². The van der Waals surface area contributed by atoms with Gasteiger partial charge in [0.2, 0.25) is 0 Å². The molecule has 0 aromatic rings. The van der Waals surface area contributed by atoms with Crippen molar-refractivity contribution >= 4 is 0 Å². The molecule has 1 saturated heterocycles. The fraction of sp³-hybridized carbons (Fsp3) is 1.00. The molecule has 0 bridgehead atoms. The normalized spacial score (nSPS) is 48.0. The van der Waals surface area contributed by atoms with E-state index in [4.69, 9.17) is 0 Å². The zero-order valence-electron chi connectivity index (χ0n) is 4.43. The summed E-state index contributed by atoms with van der Waals surface area (Å²) in [7, 11) is 0. The smallest absolute Gasteiger partial charge is 0.0164 e. The molecule has 1 nitrogen and oxygen atoms in total. The van der Waals surface area contributed by atoms with Gasteiger partial charge in [-0.1, -0.05) is 0 Å². The van der Waals surface area contributed by atoms with E-state index in [1.54, 1.807) is 0 Å². The van der Waals surface area contributed by atoms with Crippen LogP contribution in [0.25, 0.3) is 0 Å². The second-order valence-corrected chi connectivity index (χ2v) is 2.69. The topological polar surface area (TPSA) is 14.1 Å². The van der Waals surface area contributed by atoms with E-state index in [2.05, 4.69) is 5.32 Å². The maximum atomic E-state index is 4.31. The van der Waals surface area contributed by atoms with Crippen LogP contribution in [-0.2, 0) is 0 Å². The minimum atomic E-state index is 1.03. The van der Waals surface area contributed by atoms with E-state index in [9.17, 15) is 0 Å². The zero-order chi connectivity index (χ0) is 4.69. The first-order chi connectivity index (χ1) is 3.47. The van der Waals surface area contributed by atoms with Crippen molar-refractivity contribution in [1.82, 2.24) is 5.32 Å². The molecule has 1 saturated carbocycles. The summed E-state index contributed by atoms with van der Waals surface area (Å²) >= 11 is 0. The molecule has 1 aliphatic carbocycles. The summed E-state index contributed by atoms with van der Waals surface area (Å²) in [5.41, 5.74) is 0. The van der Waals surface area contributed by atoms with Gasteiger partial charge in [0.25, 0.3) is 0 Å². The Morgan fingerprint density at radius 3 is 1.86 bits per heavy atom. The minimum absolute atomic E-state index is 1.03. The fourth-order valence-corrected chi connectivity index (χ4v) is 1.52. The molecular formula is C6H10N. The van der Waals surface area contributed by atoms with Crippen LogP contribution in [0.5, 0.6) is 0 Å². The first-order valence-corrected chi connectivity index (χ1v) is 3.10. The highest BCUT2D eigenvalue weighted by atomic mass is 14.9. The molecule has 2 rings (SSSR count). The first kappa shape index (κ1) is 3.90. The van der Waals surface area contributed by atoms with Gasteiger partial charge in [-0.15, -0.1) is 0 Å². The van der Waals surface area contributed by atoms with E-state index in [1.807, 2.05) is 0 Å². The lowest BCUT2D eigenvalue weighted by molar-refractivity contribution is 0.243. The highest BCUT2D eigenvalue weighted by Crippen LogP contribution is 2.36. The Bertz CT molecular complexity index is 70.2. The molecule has 39 valence electrons. The van der Waals surface area contributed by atoms with Gasteiger partial charge in [0.05, 0.1) is 0 Å². The van der Waals surface area contributed by atoms with E-state index < -0.39 is 0 Å². The predicted molar refractivity (Wildman–Crippen MR) is 28.1 cm³/mol. The van der Waals surface area contributed by atoms with E-state index in [0.29, 0.717) is 0 Å². The third-order valence-electron chi connectivity index (χ3n) is 2.30. The lowest BCUT2D eigenvalue weighted by atomic mass is 9.77. The summed E-state index contributed by atoms with van der Waals surface area (Å²) in [5.74, 6) is 2.06. The summed E-state index contributed by atoms with van der Waals surface area (Å²) in [6, 6.07) is 0. The van der Waals surface area contributed by atoms with E-state index in [-0.39, 0.29) is 0 Å². The summed E-state index contributed by atoms with van der Waals surface area (Å²) in [5, 5.41) is 4.31. The highest BCUT2D eigenvalue weighted by Gasteiger charge is 2.34. The van der Waals surface area contributed by atoms with Crippen LogP contribution in [0.4, 0.5) is 0 Å². The third-order valence-corrected chi connectivity index (χ3v) is 2.30. The van der Waals surface area contributed by atoms with Gasteiger partial charge in [-0.2, -0.15) is 0 Å². The van der Waals surface area contributed by atoms with Crippen LogP contribution in [0.1, 0.15) is 12.8 Å². The molecular weight excluding hydrogens is 86.1 g/mol. The largest absolute Gasteiger partial charge is 0.241 e. The predicted octanol–water partition coefficient (Wildman–Crippen LogP) is 0.631. The lowest BCUT2D eigenvalue weighted by Gasteiger charge is -2.27. The van der Waals surface area contributed by atoms with Gasteiger partial charge in [0, 0.05) is 13.1 Å². The van der Waals surface area contributed by atoms with E-state index >= 15 is 0 Å². The Kier molecular flexibility index (Phi) is 0.680. The summed E-state index contributed by atoms with van der Waals surface area (Å²) in [4.78, 5) is 0. The van der Waals surface area contributed by atoms with E-state index in [0.717, 1.165) is 11.8 Å². The van der Waals surface area contributed by atoms with Gasteiger partial charge < -0.3 is 0 Å². The van der Waals surface area contributed by atoms with Crippen molar-refractivity contribution in [3.05, 3.63) is 0 Å². The van der Waals surface area contributed by atoms with Crippen molar-refractivity contribution in [3.8, 4) is 0 Å². The molecule has 2 fully saturated rings. The van der Waals surface area contributed by atoms with Crippen LogP contribution in [0.2, 0.25) is 0 Å². The maximum absolute atomic E-state index is 4.31. The van der Waals surface area contributed by atoms with Crippen LogP contribution >= 0.6 is 0 Å². The summed E-state index contributed by atoms with van der Waals surface area (Å²) in [6.07, 6.45) is 2.93. The van der Waals surface area contributed by atoms with Crippen LogP contribution in [0.15, 0.2) is 0 Å². The number of nitrogens with zero attached hydrogens (tertiary/aromatic N) is 1. The molecule has 0 amide bonds. The second kappa shape index (κ2) is 1.22. The maximum Gasteiger partial charge on any atom is 0.0164 e. The molecule has 1 heterocycles. The summed E-state index contributed by atoms with van der Waals surface area (Å²) in [6.45, 7) is 2.37. The number of hydrogen-bond donors (Lipinski definition) is 0. The Balaban J connectivity index is 2.03. The number of rotatable bonds is 0. The molecule has 1 aliphatic heterocycles. The standard InChI is InChI=1S/C6H10N/c1-2-6-4-7-3-5(1)6/h5-6H,1-4H2. The molecule has 7 heavy (non-hydrogen) atoms. The number of fused-ring (bicyclic) bond motifs is 1. The second-order valence-electron chi connectivity index (χ2n) is 2.69. The average molecular weight is 96.2 g/mol. The van der Waals surface area contributed by atoms with Crippen LogP contribution in [0, 0.1) is 11.8 Å². The Labute approximate surface area is 44.1 Å². The van der Waals surface area contributed by atoms with Crippen molar-refractivity contribution < 1.29 is 0 Å². The molecule has 0 aromatic heterocycles. The Morgan fingerprint density at radius 1 is 1.00 bits per heavy atom. The Hall–Kier alpha value is -0.0400.